The van der Waals surface area contributed by atoms with Crippen LogP contribution in [0.1, 0.15) is 36.5 Å². The molecule has 0 fully saturated rings. The molecule has 2 rings (SSSR count). The second-order valence-electron chi connectivity index (χ2n) is 4.77. The van der Waals surface area contributed by atoms with E-state index in [2.05, 4.69) is 26.8 Å². The normalized spacial score (nSPS) is 11.4. The lowest BCUT2D eigenvalue weighted by Crippen LogP contribution is -1.96. The molecule has 0 unspecified atom stereocenters. The lowest BCUT2D eigenvalue weighted by atomic mass is 9.89. The molecule has 0 aliphatic heterocycles. The van der Waals surface area contributed by atoms with Crippen LogP contribution in [0.5, 0.6) is 0 Å². The number of fused-ring (bicyclic) bond motifs is 1. The van der Waals surface area contributed by atoms with Gasteiger partial charge in [0.25, 0.3) is 0 Å². The highest BCUT2D eigenvalue weighted by Gasteiger charge is 2.11. The van der Waals surface area contributed by atoms with E-state index >= 15 is 0 Å². The van der Waals surface area contributed by atoms with Gasteiger partial charge in [-0.15, -0.1) is 0 Å². The average molecular weight is 216 g/mol. The first-order valence-corrected chi connectivity index (χ1v) is 5.70. The summed E-state index contributed by atoms with van der Waals surface area (Å²) in [6, 6.07) is 7.24. The summed E-state index contributed by atoms with van der Waals surface area (Å²) in [5.41, 5.74) is 3.78. The Kier molecular flexibility index (Phi) is 2.71. The summed E-state index contributed by atoms with van der Waals surface area (Å²) in [7, 11) is 0. The minimum Gasteiger partial charge on any atom is -0.207 e. The molecule has 2 aromatic carbocycles. The van der Waals surface area contributed by atoms with E-state index < -0.39 is 0 Å². The molecule has 0 radical (unpaired) electrons. The molecule has 0 saturated carbocycles. The third-order valence-electron chi connectivity index (χ3n) is 3.13. The number of rotatable bonds is 1. The second-order valence-corrected chi connectivity index (χ2v) is 4.77. The van der Waals surface area contributed by atoms with Crippen molar-refractivity contribution in [1.29, 1.82) is 0 Å². The minimum atomic E-state index is -0.158. The summed E-state index contributed by atoms with van der Waals surface area (Å²) in [6.07, 6.45) is 0. The van der Waals surface area contributed by atoms with Crippen LogP contribution >= 0.6 is 0 Å². The molecule has 16 heavy (non-hydrogen) atoms. The number of hydrogen-bond acceptors (Lipinski definition) is 0. The number of aryl methyl sites for hydroxylation is 2. The third-order valence-corrected chi connectivity index (χ3v) is 3.13. The topological polar surface area (TPSA) is 0 Å². The van der Waals surface area contributed by atoms with E-state index in [9.17, 15) is 4.39 Å². The second kappa shape index (κ2) is 3.89. The zero-order valence-electron chi connectivity index (χ0n) is 10.3. The highest BCUT2D eigenvalue weighted by Crippen LogP contribution is 2.31. The van der Waals surface area contributed by atoms with Gasteiger partial charge in [-0.05, 0) is 59.4 Å². The molecule has 0 aliphatic carbocycles. The van der Waals surface area contributed by atoms with Crippen LogP contribution in [0.25, 0.3) is 10.8 Å². The van der Waals surface area contributed by atoms with Crippen molar-refractivity contribution >= 4 is 10.8 Å². The Morgan fingerprint density at radius 1 is 0.938 bits per heavy atom. The van der Waals surface area contributed by atoms with E-state index in [1.54, 1.807) is 12.1 Å². The van der Waals surface area contributed by atoms with Gasteiger partial charge in [0.2, 0.25) is 0 Å². The first-order chi connectivity index (χ1) is 7.50. The van der Waals surface area contributed by atoms with Crippen LogP contribution in [0, 0.1) is 19.7 Å². The molecule has 0 N–H and O–H groups in total. The van der Waals surface area contributed by atoms with E-state index in [4.69, 9.17) is 0 Å². The van der Waals surface area contributed by atoms with Crippen molar-refractivity contribution in [2.24, 2.45) is 0 Å². The monoisotopic (exact) mass is 216 g/mol. The summed E-state index contributed by atoms with van der Waals surface area (Å²) >= 11 is 0. The first kappa shape index (κ1) is 11.1. The molecule has 0 spiro atoms. The van der Waals surface area contributed by atoms with Crippen molar-refractivity contribution in [3.05, 3.63) is 46.8 Å². The fourth-order valence-corrected chi connectivity index (χ4v) is 2.54. The summed E-state index contributed by atoms with van der Waals surface area (Å²) in [5.74, 6) is 0.308. The Morgan fingerprint density at radius 2 is 1.62 bits per heavy atom. The van der Waals surface area contributed by atoms with Gasteiger partial charge in [-0.1, -0.05) is 26.0 Å². The maximum absolute atomic E-state index is 13.2. The molecule has 0 aromatic heterocycles. The molecule has 0 nitrogen and oxygen atoms in total. The Balaban J connectivity index is 2.90. The SMILES string of the molecule is Cc1cc(C)c2cc(F)ccc2c1C(C)C. The van der Waals surface area contributed by atoms with Crippen LogP contribution in [0.3, 0.4) is 0 Å². The molecule has 0 saturated heterocycles. The smallest absolute Gasteiger partial charge is 0.123 e. The van der Waals surface area contributed by atoms with Gasteiger partial charge in [0.1, 0.15) is 5.82 Å². The van der Waals surface area contributed by atoms with E-state index in [1.165, 1.54) is 16.5 Å². The predicted octanol–water partition coefficient (Wildman–Crippen LogP) is 4.72. The molecule has 0 aliphatic rings. The lowest BCUT2D eigenvalue weighted by molar-refractivity contribution is 0.629. The van der Waals surface area contributed by atoms with E-state index in [-0.39, 0.29) is 5.82 Å². The molecule has 1 heteroatoms. The van der Waals surface area contributed by atoms with Gasteiger partial charge in [-0.3, -0.25) is 0 Å². The van der Waals surface area contributed by atoms with Crippen LogP contribution in [0.4, 0.5) is 4.39 Å². The summed E-state index contributed by atoms with van der Waals surface area (Å²) < 4.78 is 13.2. The maximum atomic E-state index is 13.2. The van der Waals surface area contributed by atoms with Gasteiger partial charge in [0.05, 0.1) is 0 Å². The van der Waals surface area contributed by atoms with Crippen LogP contribution in [0.2, 0.25) is 0 Å². The fraction of sp³-hybridized carbons (Fsp3) is 0.333. The molecule has 0 atom stereocenters. The third kappa shape index (κ3) is 1.71. The van der Waals surface area contributed by atoms with Gasteiger partial charge < -0.3 is 0 Å². The predicted molar refractivity (Wildman–Crippen MR) is 67.5 cm³/mol. The largest absolute Gasteiger partial charge is 0.207 e. The van der Waals surface area contributed by atoms with Gasteiger partial charge in [-0.2, -0.15) is 0 Å². The molecule has 0 heterocycles. The lowest BCUT2D eigenvalue weighted by Gasteiger charge is -2.15. The molecule has 0 amide bonds. The van der Waals surface area contributed by atoms with Gasteiger partial charge in [0.15, 0.2) is 0 Å². The Hall–Kier alpha value is -1.37. The fourth-order valence-electron chi connectivity index (χ4n) is 2.54. The Bertz CT molecular complexity index is 539. The highest BCUT2D eigenvalue weighted by atomic mass is 19.1. The van der Waals surface area contributed by atoms with E-state index in [0.29, 0.717) is 5.92 Å². The van der Waals surface area contributed by atoms with Gasteiger partial charge in [-0.25, -0.2) is 4.39 Å². The Morgan fingerprint density at radius 3 is 2.25 bits per heavy atom. The van der Waals surface area contributed by atoms with Crippen molar-refractivity contribution in [3.8, 4) is 0 Å². The van der Waals surface area contributed by atoms with Gasteiger partial charge >= 0.3 is 0 Å². The van der Waals surface area contributed by atoms with Crippen LogP contribution in [-0.4, -0.2) is 0 Å². The number of halogens is 1. The standard InChI is InChI=1S/C15H17F/c1-9(2)15-11(4)7-10(3)14-8-12(16)5-6-13(14)15/h5-9H,1-4H3. The number of benzene rings is 2. The molecule has 2 aromatic rings. The molecular weight excluding hydrogens is 199 g/mol. The molecular formula is C15H17F. The summed E-state index contributed by atoms with van der Waals surface area (Å²) in [4.78, 5) is 0. The summed E-state index contributed by atoms with van der Waals surface area (Å²) in [6.45, 7) is 8.53. The van der Waals surface area contributed by atoms with Crippen LogP contribution in [0.15, 0.2) is 24.3 Å². The van der Waals surface area contributed by atoms with E-state index in [1.807, 2.05) is 13.0 Å². The Labute approximate surface area is 96.1 Å². The van der Waals surface area contributed by atoms with Crippen molar-refractivity contribution in [2.75, 3.05) is 0 Å². The van der Waals surface area contributed by atoms with Gasteiger partial charge in [0, 0.05) is 0 Å². The van der Waals surface area contributed by atoms with E-state index in [0.717, 1.165) is 10.9 Å². The highest BCUT2D eigenvalue weighted by molar-refractivity contribution is 5.90. The van der Waals surface area contributed by atoms with Crippen molar-refractivity contribution in [2.45, 2.75) is 33.6 Å². The average Bonchev–Trinajstić information content (AvgIpc) is 2.18. The van der Waals surface area contributed by atoms with Crippen molar-refractivity contribution in [1.82, 2.24) is 0 Å². The van der Waals surface area contributed by atoms with Crippen LogP contribution in [-0.2, 0) is 0 Å². The maximum Gasteiger partial charge on any atom is 0.123 e. The quantitative estimate of drug-likeness (QED) is 0.647. The molecule has 0 bridgehead atoms. The number of hydrogen-bond donors (Lipinski definition) is 0. The van der Waals surface area contributed by atoms with Crippen molar-refractivity contribution < 1.29 is 4.39 Å². The van der Waals surface area contributed by atoms with Crippen LogP contribution < -0.4 is 0 Å². The minimum absolute atomic E-state index is 0.158. The van der Waals surface area contributed by atoms with Crippen molar-refractivity contribution in [3.63, 3.8) is 0 Å². The zero-order chi connectivity index (χ0) is 11.9. The zero-order valence-corrected chi connectivity index (χ0v) is 10.3. The first-order valence-electron chi connectivity index (χ1n) is 5.70. The summed E-state index contributed by atoms with van der Waals surface area (Å²) in [5, 5.41) is 2.23. The molecule has 84 valence electrons.